The van der Waals surface area contributed by atoms with Crippen molar-refractivity contribution in [2.75, 3.05) is 0 Å². The highest BCUT2D eigenvalue weighted by atomic mass is 79.9. The Kier molecular flexibility index (Phi) is 4.07. The summed E-state index contributed by atoms with van der Waals surface area (Å²) in [7, 11) is 0. The zero-order valence-electron chi connectivity index (χ0n) is 10.7. The molecule has 0 aromatic carbocycles. The first-order chi connectivity index (χ1) is 8.45. The van der Waals surface area contributed by atoms with Crippen molar-refractivity contribution >= 4 is 27.7 Å². The zero-order valence-corrected chi connectivity index (χ0v) is 13.1. The fraction of sp³-hybridized carbons (Fsp3) is 0.417. The molecule has 0 saturated carbocycles. The van der Waals surface area contributed by atoms with Crippen molar-refractivity contribution in [3.8, 4) is 0 Å². The molecule has 0 aliphatic heterocycles. The van der Waals surface area contributed by atoms with E-state index in [1.54, 1.807) is 0 Å². The quantitative estimate of drug-likeness (QED) is 0.793. The maximum Gasteiger partial charge on any atom is 0.262 e. The van der Waals surface area contributed by atoms with Crippen molar-refractivity contribution in [1.29, 1.82) is 0 Å². The van der Waals surface area contributed by atoms with Gasteiger partial charge in [0, 0.05) is 12.0 Å². The fourth-order valence-corrected chi connectivity index (χ4v) is 2.69. The van der Waals surface area contributed by atoms with Crippen molar-refractivity contribution in [2.24, 2.45) is 0 Å². The highest BCUT2D eigenvalue weighted by Gasteiger charge is 2.12. The van der Waals surface area contributed by atoms with Gasteiger partial charge in [0.25, 0.3) is 5.22 Å². The third kappa shape index (κ3) is 3.11. The van der Waals surface area contributed by atoms with E-state index in [1.807, 2.05) is 19.9 Å². The number of aromatic nitrogens is 3. The lowest BCUT2D eigenvalue weighted by Gasteiger charge is -2.05. The molecule has 0 spiro atoms. The van der Waals surface area contributed by atoms with Crippen molar-refractivity contribution < 1.29 is 4.42 Å². The van der Waals surface area contributed by atoms with Crippen LogP contribution in [0.4, 0.5) is 0 Å². The normalized spacial score (nSPS) is 11.2. The predicted molar refractivity (Wildman–Crippen MR) is 73.9 cm³/mol. The topological polar surface area (TPSA) is 51.8 Å². The van der Waals surface area contributed by atoms with Gasteiger partial charge in [0.2, 0.25) is 0 Å². The SMILES string of the molecule is Cc1nc(Sc2cc(Br)nc(C(C)C)n2)oc1C. The summed E-state index contributed by atoms with van der Waals surface area (Å²) >= 11 is 4.81. The Morgan fingerprint density at radius 2 is 1.94 bits per heavy atom. The van der Waals surface area contributed by atoms with E-state index < -0.39 is 0 Å². The molecular formula is C12H14BrN3OS. The lowest BCUT2D eigenvalue weighted by Crippen LogP contribution is -1.98. The van der Waals surface area contributed by atoms with Crippen LogP contribution in [-0.2, 0) is 0 Å². The molecule has 0 unspecified atom stereocenters. The third-order valence-electron chi connectivity index (χ3n) is 2.41. The van der Waals surface area contributed by atoms with Crippen LogP contribution in [0.2, 0.25) is 0 Å². The molecule has 2 rings (SSSR count). The Hall–Kier alpha value is -0.880. The van der Waals surface area contributed by atoms with Gasteiger partial charge in [-0.15, -0.1) is 0 Å². The second-order valence-electron chi connectivity index (χ2n) is 4.27. The first kappa shape index (κ1) is 13.5. The maximum atomic E-state index is 5.53. The predicted octanol–water partition coefficient (Wildman–Crippen LogP) is 4.12. The molecule has 0 aliphatic rings. The number of oxazole rings is 1. The monoisotopic (exact) mass is 327 g/mol. The van der Waals surface area contributed by atoms with E-state index in [2.05, 4.69) is 44.7 Å². The van der Waals surface area contributed by atoms with Gasteiger partial charge in [0.1, 0.15) is 21.2 Å². The van der Waals surface area contributed by atoms with Gasteiger partial charge in [-0.3, -0.25) is 0 Å². The molecule has 0 saturated heterocycles. The molecule has 0 fully saturated rings. The van der Waals surface area contributed by atoms with Gasteiger partial charge in [-0.25, -0.2) is 15.0 Å². The Balaban J connectivity index is 2.28. The van der Waals surface area contributed by atoms with Crippen LogP contribution in [0.25, 0.3) is 0 Å². The molecule has 4 nitrogen and oxygen atoms in total. The Morgan fingerprint density at radius 3 is 2.50 bits per heavy atom. The van der Waals surface area contributed by atoms with E-state index in [-0.39, 0.29) is 5.92 Å². The minimum absolute atomic E-state index is 0.287. The molecule has 0 radical (unpaired) electrons. The third-order valence-corrected chi connectivity index (χ3v) is 3.58. The van der Waals surface area contributed by atoms with Crippen LogP contribution in [0.1, 0.15) is 37.0 Å². The van der Waals surface area contributed by atoms with Gasteiger partial charge < -0.3 is 4.42 Å². The first-order valence-electron chi connectivity index (χ1n) is 5.62. The molecular weight excluding hydrogens is 314 g/mol. The van der Waals surface area contributed by atoms with Crippen LogP contribution in [-0.4, -0.2) is 15.0 Å². The van der Waals surface area contributed by atoms with Crippen LogP contribution in [0.5, 0.6) is 0 Å². The number of hydrogen-bond donors (Lipinski definition) is 0. The lowest BCUT2D eigenvalue weighted by atomic mass is 10.2. The summed E-state index contributed by atoms with van der Waals surface area (Å²) in [4.78, 5) is 13.2. The summed E-state index contributed by atoms with van der Waals surface area (Å²) in [6.07, 6.45) is 0. The molecule has 0 bridgehead atoms. The number of rotatable bonds is 3. The highest BCUT2D eigenvalue weighted by molar-refractivity contribution is 9.10. The molecule has 6 heteroatoms. The molecule has 2 aromatic rings. The average molecular weight is 328 g/mol. The minimum atomic E-state index is 0.287. The van der Waals surface area contributed by atoms with Gasteiger partial charge in [-0.05, 0) is 41.5 Å². The van der Waals surface area contributed by atoms with Crippen molar-refractivity contribution in [3.63, 3.8) is 0 Å². The van der Waals surface area contributed by atoms with E-state index >= 15 is 0 Å². The Bertz CT molecular complexity index is 549. The number of aryl methyl sites for hydroxylation is 2. The summed E-state index contributed by atoms with van der Waals surface area (Å²) in [5, 5.41) is 1.45. The molecule has 2 heterocycles. The zero-order chi connectivity index (χ0) is 13.3. The molecule has 0 N–H and O–H groups in total. The highest BCUT2D eigenvalue weighted by Crippen LogP contribution is 2.29. The Labute approximate surface area is 119 Å². The largest absolute Gasteiger partial charge is 0.436 e. The second-order valence-corrected chi connectivity index (χ2v) is 6.05. The molecule has 0 aliphatic carbocycles. The van der Waals surface area contributed by atoms with Crippen molar-refractivity contribution in [2.45, 2.75) is 43.9 Å². The van der Waals surface area contributed by atoms with E-state index in [1.165, 1.54) is 11.8 Å². The van der Waals surface area contributed by atoms with Gasteiger partial charge in [-0.1, -0.05) is 13.8 Å². The average Bonchev–Trinajstić information content (AvgIpc) is 2.56. The van der Waals surface area contributed by atoms with Crippen LogP contribution in [0, 0.1) is 13.8 Å². The molecule has 2 aromatic heterocycles. The van der Waals surface area contributed by atoms with E-state index in [0.717, 1.165) is 26.9 Å². The van der Waals surface area contributed by atoms with Gasteiger partial charge in [0.15, 0.2) is 0 Å². The van der Waals surface area contributed by atoms with Gasteiger partial charge in [0.05, 0.1) is 5.69 Å². The molecule has 96 valence electrons. The summed E-state index contributed by atoms with van der Waals surface area (Å²) < 4.78 is 6.32. The molecule has 18 heavy (non-hydrogen) atoms. The van der Waals surface area contributed by atoms with Gasteiger partial charge in [-0.2, -0.15) is 0 Å². The Morgan fingerprint density at radius 1 is 1.22 bits per heavy atom. The first-order valence-corrected chi connectivity index (χ1v) is 7.23. The second kappa shape index (κ2) is 5.40. The van der Waals surface area contributed by atoms with Crippen LogP contribution in [0.15, 0.2) is 25.3 Å². The van der Waals surface area contributed by atoms with Gasteiger partial charge >= 0.3 is 0 Å². The summed E-state index contributed by atoms with van der Waals surface area (Å²) in [5.41, 5.74) is 0.912. The van der Waals surface area contributed by atoms with Crippen molar-refractivity contribution in [1.82, 2.24) is 15.0 Å². The van der Waals surface area contributed by atoms with E-state index in [4.69, 9.17) is 4.42 Å². The molecule has 0 atom stereocenters. The fourth-order valence-electron chi connectivity index (χ4n) is 1.30. The van der Waals surface area contributed by atoms with E-state index in [9.17, 15) is 0 Å². The minimum Gasteiger partial charge on any atom is -0.436 e. The summed E-state index contributed by atoms with van der Waals surface area (Å²) in [6, 6.07) is 1.87. The number of halogens is 1. The van der Waals surface area contributed by atoms with Crippen LogP contribution >= 0.6 is 27.7 Å². The number of hydrogen-bond acceptors (Lipinski definition) is 5. The van der Waals surface area contributed by atoms with Crippen molar-refractivity contribution in [3.05, 3.63) is 27.9 Å². The standard InChI is InChI=1S/C12H14BrN3OS/c1-6(2)11-15-9(13)5-10(16-11)18-12-14-7(3)8(4)17-12/h5-6H,1-4H3. The summed E-state index contributed by atoms with van der Waals surface area (Å²) in [5.74, 6) is 1.94. The smallest absolute Gasteiger partial charge is 0.262 e. The van der Waals surface area contributed by atoms with E-state index in [0.29, 0.717) is 5.22 Å². The van der Waals surface area contributed by atoms with Crippen LogP contribution in [0.3, 0.4) is 0 Å². The number of nitrogens with zero attached hydrogens (tertiary/aromatic N) is 3. The maximum absolute atomic E-state index is 5.53. The van der Waals surface area contributed by atoms with Crippen LogP contribution < -0.4 is 0 Å². The molecule has 0 amide bonds. The lowest BCUT2D eigenvalue weighted by molar-refractivity contribution is 0.431. The summed E-state index contributed by atoms with van der Waals surface area (Å²) in [6.45, 7) is 7.96.